The molecule has 1 aromatic heterocycles. The number of fused-ring (bicyclic) bond motifs is 2. The lowest BCUT2D eigenvalue weighted by molar-refractivity contribution is -0.186. The average molecular weight is 334 g/mol. The molecule has 0 spiro atoms. The number of likely N-dealkylation sites (N-methyl/N-ethyl adjacent to an activating group) is 1. The molecule has 0 aromatic carbocycles. The Morgan fingerprint density at radius 2 is 2.12 bits per heavy atom. The summed E-state index contributed by atoms with van der Waals surface area (Å²) in [5.74, 6) is 0. The summed E-state index contributed by atoms with van der Waals surface area (Å²) in [5, 5.41) is 14.4. The second-order valence-corrected chi connectivity index (χ2v) is 6.92. The number of pyridine rings is 1. The van der Waals surface area contributed by atoms with Crippen molar-refractivity contribution in [2.75, 3.05) is 39.8 Å². The van der Waals surface area contributed by atoms with E-state index in [1.807, 2.05) is 18.2 Å². The molecule has 4 heterocycles. The van der Waals surface area contributed by atoms with Crippen LogP contribution in [0.3, 0.4) is 0 Å². The van der Waals surface area contributed by atoms with Gasteiger partial charge in [0.2, 0.25) is 0 Å². The maximum Gasteiger partial charge on any atom is 0.176 e. The van der Waals surface area contributed by atoms with Crippen LogP contribution >= 0.6 is 0 Å². The van der Waals surface area contributed by atoms with Gasteiger partial charge in [-0.1, -0.05) is 6.07 Å². The molecule has 3 fully saturated rings. The summed E-state index contributed by atoms with van der Waals surface area (Å²) >= 11 is 0. The zero-order valence-electron chi connectivity index (χ0n) is 14.0. The molecule has 2 bridgehead atoms. The second-order valence-electron chi connectivity index (χ2n) is 6.92. The summed E-state index contributed by atoms with van der Waals surface area (Å²) in [6.07, 6.45) is 0.856. The number of nitrogens with one attached hydrogen (secondary N) is 1. The van der Waals surface area contributed by atoms with Gasteiger partial charge in [0, 0.05) is 38.9 Å². The van der Waals surface area contributed by atoms with Gasteiger partial charge in [0.15, 0.2) is 6.29 Å². The molecule has 3 saturated heterocycles. The Hall–Kier alpha value is -1.09. The largest absolute Gasteiger partial charge is 0.390 e. The maximum absolute atomic E-state index is 11.0. The van der Waals surface area contributed by atoms with Crippen LogP contribution in [-0.2, 0) is 16.0 Å². The van der Waals surface area contributed by atoms with Crippen LogP contribution in [0.15, 0.2) is 24.4 Å². The van der Waals surface area contributed by atoms with Crippen molar-refractivity contribution < 1.29 is 14.6 Å². The lowest BCUT2D eigenvalue weighted by Gasteiger charge is -2.46. The molecule has 5 atom stereocenters. The molecular weight excluding hydrogens is 308 g/mol. The van der Waals surface area contributed by atoms with Crippen molar-refractivity contribution in [2.24, 2.45) is 0 Å². The molecule has 3 aliphatic rings. The highest BCUT2D eigenvalue weighted by Crippen LogP contribution is 2.32. The topological polar surface area (TPSA) is 70.1 Å². The highest BCUT2D eigenvalue weighted by atomic mass is 16.7. The Labute approximate surface area is 142 Å². The van der Waals surface area contributed by atoms with Gasteiger partial charge in [-0.25, -0.2) is 0 Å². The van der Waals surface area contributed by atoms with E-state index in [4.69, 9.17) is 9.47 Å². The fourth-order valence-electron chi connectivity index (χ4n) is 3.89. The van der Waals surface area contributed by atoms with E-state index in [-0.39, 0.29) is 24.5 Å². The van der Waals surface area contributed by atoms with E-state index >= 15 is 0 Å². The van der Waals surface area contributed by atoms with Crippen LogP contribution in [0.2, 0.25) is 0 Å². The van der Waals surface area contributed by atoms with Crippen LogP contribution in [0, 0.1) is 0 Å². The molecule has 0 radical (unpaired) electrons. The third-order valence-electron chi connectivity index (χ3n) is 5.34. The van der Waals surface area contributed by atoms with E-state index in [9.17, 15) is 5.11 Å². The van der Waals surface area contributed by atoms with E-state index in [0.717, 1.165) is 31.9 Å². The third kappa shape index (κ3) is 3.20. The zero-order valence-corrected chi connectivity index (χ0v) is 14.0. The first-order valence-electron chi connectivity index (χ1n) is 8.73. The molecule has 3 aliphatic heterocycles. The van der Waals surface area contributed by atoms with Gasteiger partial charge in [0.05, 0.1) is 30.5 Å². The zero-order chi connectivity index (χ0) is 16.5. The Kier molecular flexibility index (Phi) is 4.80. The quantitative estimate of drug-likeness (QED) is 0.752. The minimum atomic E-state index is -0.511. The van der Waals surface area contributed by atoms with E-state index in [1.54, 1.807) is 6.20 Å². The number of ether oxygens (including phenoxy) is 2. The summed E-state index contributed by atoms with van der Waals surface area (Å²) in [6, 6.07) is 5.60. The molecule has 0 amide bonds. The summed E-state index contributed by atoms with van der Waals surface area (Å²) in [6.45, 7) is 5.02. The molecule has 0 saturated carbocycles. The molecule has 7 heteroatoms. The van der Waals surface area contributed by atoms with Gasteiger partial charge in [-0.05, 0) is 19.2 Å². The van der Waals surface area contributed by atoms with E-state index in [0.29, 0.717) is 13.2 Å². The highest BCUT2D eigenvalue weighted by molar-refractivity contribution is 5.06. The van der Waals surface area contributed by atoms with Gasteiger partial charge >= 0.3 is 0 Å². The number of hydrogen-bond acceptors (Lipinski definition) is 7. The Bertz CT molecular complexity index is 538. The first kappa shape index (κ1) is 16.4. The lowest BCUT2D eigenvalue weighted by Crippen LogP contribution is -2.66. The minimum absolute atomic E-state index is 0.0996. The van der Waals surface area contributed by atoms with Gasteiger partial charge in [-0.2, -0.15) is 0 Å². The third-order valence-corrected chi connectivity index (χ3v) is 5.34. The SMILES string of the molecule is CN1CCN([C@@H]2[C@@H]3OC[C@H](O3)[C@@H](NCc3ccccn3)[C@@H]2O)CC1. The van der Waals surface area contributed by atoms with Crippen LogP contribution in [0.5, 0.6) is 0 Å². The fraction of sp³-hybridized carbons (Fsp3) is 0.706. The summed E-state index contributed by atoms with van der Waals surface area (Å²) < 4.78 is 11.9. The predicted molar refractivity (Wildman–Crippen MR) is 88.3 cm³/mol. The van der Waals surface area contributed by atoms with Crippen molar-refractivity contribution in [3.63, 3.8) is 0 Å². The van der Waals surface area contributed by atoms with Crippen LogP contribution < -0.4 is 5.32 Å². The summed E-state index contributed by atoms with van der Waals surface area (Å²) in [4.78, 5) is 8.95. The molecule has 2 N–H and O–H groups in total. The predicted octanol–water partition coefficient (Wildman–Crippen LogP) is -0.728. The van der Waals surface area contributed by atoms with Crippen LogP contribution in [0.4, 0.5) is 0 Å². The molecule has 24 heavy (non-hydrogen) atoms. The number of piperazine rings is 1. The number of hydrogen-bond donors (Lipinski definition) is 2. The van der Waals surface area contributed by atoms with Gasteiger partial charge in [-0.15, -0.1) is 0 Å². The first-order valence-corrected chi connectivity index (χ1v) is 8.73. The van der Waals surface area contributed by atoms with Crippen molar-refractivity contribution in [1.29, 1.82) is 0 Å². The van der Waals surface area contributed by atoms with Gasteiger partial charge in [0.1, 0.15) is 6.10 Å². The highest BCUT2D eigenvalue weighted by Gasteiger charge is 2.52. The minimum Gasteiger partial charge on any atom is -0.390 e. The van der Waals surface area contributed by atoms with Crippen molar-refractivity contribution in [1.82, 2.24) is 20.1 Å². The average Bonchev–Trinajstić information content (AvgIpc) is 3.02. The van der Waals surface area contributed by atoms with Crippen LogP contribution in [0.1, 0.15) is 5.69 Å². The number of aliphatic hydroxyl groups is 1. The van der Waals surface area contributed by atoms with Crippen molar-refractivity contribution in [3.05, 3.63) is 30.1 Å². The standard InChI is InChI=1S/C17H26N4O3/c1-20-6-8-21(9-7-20)15-16(22)14(13-11-23-17(15)24-13)19-10-12-4-2-3-5-18-12/h2-5,13-17,19,22H,6-11H2,1H3/t13-,14+,15-,16-,17+/m0/s1. The molecule has 7 nitrogen and oxygen atoms in total. The summed E-state index contributed by atoms with van der Waals surface area (Å²) in [5.41, 5.74) is 0.960. The van der Waals surface area contributed by atoms with Crippen LogP contribution in [-0.4, -0.2) is 90.3 Å². The first-order chi connectivity index (χ1) is 11.7. The smallest absolute Gasteiger partial charge is 0.176 e. The molecule has 0 unspecified atom stereocenters. The van der Waals surface area contributed by atoms with Crippen molar-refractivity contribution in [3.8, 4) is 0 Å². The molecule has 4 rings (SSSR count). The fourth-order valence-corrected chi connectivity index (χ4v) is 3.89. The normalized spacial score (nSPS) is 37.7. The van der Waals surface area contributed by atoms with Gasteiger partial charge in [-0.3, -0.25) is 9.88 Å². The molecular formula is C17H26N4O3. The van der Waals surface area contributed by atoms with E-state index in [1.165, 1.54) is 0 Å². The molecule has 0 aliphatic carbocycles. The molecule has 132 valence electrons. The summed E-state index contributed by atoms with van der Waals surface area (Å²) in [7, 11) is 2.13. The number of aliphatic hydroxyl groups excluding tert-OH is 1. The van der Waals surface area contributed by atoms with E-state index < -0.39 is 6.10 Å². The number of rotatable bonds is 4. The maximum atomic E-state index is 11.0. The van der Waals surface area contributed by atoms with E-state index in [2.05, 4.69) is 27.1 Å². The van der Waals surface area contributed by atoms with Crippen LogP contribution in [0.25, 0.3) is 0 Å². The van der Waals surface area contributed by atoms with Gasteiger partial charge < -0.3 is 24.8 Å². The monoisotopic (exact) mass is 334 g/mol. The number of nitrogens with zero attached hydrogens (tertiary/aromatic N) is 3. The Morgan fingerprint density at radius 1 is 1.29 bits per heavy atom. The second kappa shape index (κ2) is 7.03. The lowest BCUT2D eigenvalue weighted by atomic mass is 9.94. The Morgan fingerprint density at radius 3 is 2.88 bits per heavy atom. The number of aromatic nitrogens is 1. The van der Waals surface area contributed by atoms with Crippen molar-refractivity contribution >= 4 is 0 Å². The molecule has 1 aromatic rings. The Balaban J connectivity index is 1.44. The van der Waals surface area contributed by atoms with Crippen molar-refractivity contribution in [2.45, 2.75) is 37.1 Å². The van der Waals surface area contributed by atoms with Gasteiger partial charge in [0.25, 0.3) is 0 Å².